The molecule has 0 radical (unpaired) electrons. The SMILES string of the molecule is O=C(CSc1cccc(NC(=O)c2cccc([N+](=O)[O-])c2)c1)Nc1ccccc1F. The average Bonchev–Trinajstić information content (AvgIpc) is 2.74. The lowest BCUT2D eigenvalue weighted by molar-refractivity contribution is -0.384. The molecule has 2 N–H and O–H groups in total. The van der Waals surface area contributed by atoms with Gasteiger partial charge in [0.15, 0.2) is 0 Å². The number of non-ortho nitro benzene ring substituents is 1. The number of hydrogen-bond donors (Lipinski definition) is 2. The molecule has 30 heavy (non-hydrogen) atoms. The summed E-state index contributed by atoms with van der Waals surface area (Å²) in [5.74, 6) is -1.31. The lowest BCUT2D eigenvalue weighted by Crippen LogP contribution is -2.15. The Balaban J connectivity index is 1.60. The van der Waals surface area contributed by atoms with Crippen molar-refractivity contribution < 1.29 is 18.9 Å². The first-order valence-corrected chi connectivity index (χ1v) is 9.74. The van der Waals surface area contributed by atoms with E-state index in [-0.39, 0.29) is 28.6 Å². The van der Waals surface area contributed by atoms with Crippen molar-refractivity contribution in [2.24, 2.45) is 0 Å². The third-order valence-electron chi connectivity index (χ3n) is 3.93. The fourth-order valence-corrected chi connectivity index (χ4v) is 3.28. The Morgan fingerprint density at radius 3 is 2.50 bits per heavy atom. The summed E-state index contributed by atoms with van der Waals surface area (Å²) in [6.45, 7) is 0. The lowest BCUT2D eigenvalue weighted by Gasteiger charge is -2.08. The molecule has 3 aromatic carbocycles. The largest absolute Gasteiger partial charge is 0.323 e. The third kappa shape index (κ3) is 5.65. The highest BCUT2D eigenvalue weighted by Crippen LogP contribution is 2.23. The smallest absolute Gasteiger partial charge is 0.270 e. The molecule has 0 unspecified atom stereocenters. The Labute approximate surface area is 175 Å². The van der Waals surface area contributed by atoms with Crippen LogP contribution in [-0.2, 0) is 4.79 Å². The van der Waals surface area contributed by atoms with Crippen LogP contribution in [0.25, 0.3) is 0 Å². The predicted octanol–water partition coefficient (Wildman–Crippen LogP) is 4.72. The van der Waals surface area contributed by atoms with Crippen LogP contribution < -0.4 is 10.6 Å². The molecular weight excluding hydrogens is 409 g/mol. The molecule has 9 heteroatoms. The van der Waals surface area contributed by atoms with Crippen LogP contribution in [0, 0.1) is 15.9 Å². The van der Waals surface area contributed by atoms with Crippen molar-refractivity contribution in [1.29, 1.82) is 0 Å². The molecule has 7 nitrogen and oxygen atoms in total. The van der Waals surface area contributed by atoms with Crippen molar-refractivity contribution in [2.75, 3.05) is 16.4 Å². The van der Waals surface area contributed by atoms with Gasteiger partial charge in [-0.1, -0.05) is 24.3 Å². The summed E-state index contributed by atoms with van der Waals surface area (Å²) in [6, 6.07) is 18.1. The summed E-state index contributed by atoms with van der Waals surface area (Å²) in [5.41, 5.74) is 0.575. The highest BCUT2D eigenvalue weighted by Gasteiger charge is 2.12. The summed E-state index contributed by atoms with van der Waals surface area (Å²) in [6.07, 6.45) is 0. The fraction of sp³-hybridized carbons (Fsp3) is 0.0476. The second-order valence-corrected chi connectivity index (χ2v) is 7.15. The van der Waals surface area contributed by atoms with Gasteiger partial charge in [-0.05, 0) is 36.4 Å². The number of para-hydroxylation sites is 1. The maximum Gasteiger partial charge on any atom is 0.270 e. The number of nitro groups is 1. The first-order chi connectivity index (χ1) is 14.4. The number of carbonyl (C=O) groups is 2. The highest BCUT2D eigenvalue weighted by atomic mass is 32.2. The van der Waals surface area contributed by atoms with Gasteiger partial charge in [0.25, 0.3) is 11.6 Å². The highest BCUT2D eigenvalue weighted by molar-refractivity contribution is 8.00. The predicted molar refractivity (Wildman–Crippen MR) is 113 cm³/mol. The molecule has 0 spiro atoms. The molecule has 2 amide bonds. The van der Waals surface area contributed by atoms with Gasteiger partial charge in [-0.2, -0.15) is 0 Å². The number of benzene rings is 3. The monoisotopic (exact) mass is 425 g/mol. The first kappa shape index (κ1) is 21.0. The Kier molecular flexibility index (Phi) is 6.76. The zero-order valence-electron chi connectivity index (χ0n) is 15.5. The second kappa shape index (κ2) is 9.66. The standard InChI is InChI=1S/C21H16FN3O4S/c22-18-9-1-2-10-19(18)24-20(26)13-30-17-8-4-6-15(12-17)23-21(27)14-5-3-7-16(11-14)25(28)29/h1-12H,13H2,(H,23,27)(H,24,26). The van der Waals surface area contributed by atoms with Crippen molar-refractivity contribution in [2.45, 2.75) is 4.90 Å². The van der Waals surface area contributed by atoms with E-state index >= 15 is 0 Å². The molecule has 152 valence electrons. The lowest BCUT2D eigenvalue weighted by atomic mass is 10.2. The molecule has 0 aliphatic heterocycles. The molecule has 0 aliphatic carbocycles. The van der Waals surface area contributed by atoms with E-state index in [2.05, 4.69) is 10.6 Å². The van der Waals surface area contributed by atoms with Crippen molar-refractivity contribution in [3.8, 4) is 0 Å². The van der Waals surface area contributed by atoms with Crippen molar-refractivity contribution in [3.63, 3.8) is 0 Å². The van der Waals surface area contributed by atoms with Crippen molar-refractivity contribution >= 4 is 40.6 Å². The first-order valence-electron chi connectivity index (χ1n) is 8.75. The fourth-order valence-electron chi connectivity index (χ4n) is 2.53. The van der Waals surface area contributed by atoms with Crippen LogP contribution in [0.3, 0.4) is 0 Å². The van der Waals surface area contributed by atoms with Gasteiger partial charge in [0.2, 0.25) is 5.91 Å². The zero-order chi connectivity index (χ0) is 21.5. The summed E-state index contributed by atoms with van der Waals surface area (Å²) in [4.78, 5) is 35.4. The van der Waals surface area contributed by atoms with Crippen LogP contribution in [0.1, 0.15) is 10.4 Å². The average molecular weight is 425 g/mol. The molecule has 0 saturated carbocycles. The molecular formula is C21H16FN3O4S. The molecule has 0 atom stereocenters. The van der Waals surface area contributed by atoms with Crippen molar-refractivity contribution in [1.82, 2.24) is 0 Å². The molecule has 0 saturated heterocycles. The molecule has 0 aromatic heterocycles. The number of amides is 2. The zero-order valence-corrected chi connectivity index (χ0v) is 16.3. The van der Waals surface area contributed by atoms with Crippen LogP contribution in [-0.4, -0.2) is 22.5 Å². The Bertz CT molecular complexity index is 1110. The van der Waals surface area contributed by atoms with Crippen LogP contribution >= 0.6 is 11.8 Å². The quantitative estimate of drug-likeness (QED) is 0.324. The maximum atomic E-state index is 13.6. The van der Waals surface area contributed by atoms with E-state index in [1.165, 1.54) is 54.2 Å². The number of nitrogens with one attached hydrogen (secondary N) is 2. The topological polar surface area (TPSA) is 101 Å². The third-order valence-corrected chi connectivity index (χ3v) is 4.92. The molecule has 0 aliphatic rings. The van der Waals surface area contributed by atoms with Gasteiger partial charge < -0.3 is 10.6 Å². The summed E-state index contributed by atoms with van der Waals surface area (Å²) >= 11 is 1.22. The number of nitrogens with zero attached hydrogens (tertiary/aromatic N) is 1. The maximum absolute atomic E-state index is 13.6. The van der Waals surface area contributed by atoms with E-state index in [1.807, 2.05) is 0 Å². The Morgan fingerprint density at radius 2 is 1.73 bits per heavy atom. The van der Waals surface area contributed by atoms with Gasteiger partial charge in [-0.25, -0.2) is 4.39 Å². The van der Waals surface area contributed by atoms with E-state index in [1.54, 1.807) is 30.3 Å². The molecule has 0 heterocycles. The Hall–Kier alpha value is -3.72. The number of nitro benzene ring substituents is 1. The molecule has 0 fully saturated rings. The van der Waals surface area contributed by atoms with Crippen LogP contribution in [0.4, 0.5) is 21.5 Å². The number of rotatable bonds is 7. The normalized spacial score (nSPS) is 10.3. The minimum atomic E-state index is -0.569. The van der Waals surface area contributed by atoms with Crippen LogP contribution in [0.2, 0.25) is 0 Å². The summed E-state index contributed by atoms with van der Waals surface area (Å²) < 4.78 is 13.6. The molecule has 3 aromatic rings. The van der Waals surface area contributed by atoms with Crippen molar-refractivity contribution in [3.05, 3.63) is 94.3 Å². The van der Waals surface area contributed by atoms with Gasteiger partial charge in [-0.3, -0.25) is 19.7 Å². The number of halogens is 1. The summed E-state index contributed by atoms with van der Waals surface area (Å²) in [5, 5.41) is 16.0. The minimum Gasteiger partial charge on any atom is -0.323 e. The van der Waals surface area contributed by atoms with E-state index in [4.69, 9.17) is 0 Å². The van der Waals surface area contributed by atoms with Gasteiger partial charge >= 0.3 is 0 Å². The van der Waals surface area contributed by atoms with Gasteiger partial charge in [0.1, 0.15) is 5.82 Å². The van der Waals surface area contributed by atoms with E-state index in [0.717, 1.165) is 4.90 Å². The number of hydrogen-bond acceptors (Lipinski definition) is 5. The second-order valence-electron chi connectivity index (χ2n) is 6.11. The van der Waals surface area contributed by atoms with E-state index in [0.29, 0.717) is 5.69 Å². The number of thioether (sulfide) groups is 1. The van der Waals surface area contributed by atoms with Gasteiger partial charge in [0.05, 0.1) is 16.4 Å². The summed E-state index contributed by atoms with van der Waals surface area (Å²) in [7, 11) is 0. The number of anilines is 2. The van der Waals surface area contributed by atoms with Gasteiger partial charge in [-0.15, -0.1) is 11.8 Å². The molecule has 3 rings (SSSR count). The minimum absolute atomic E-state index is 0.0522. The Morgan fingerprint density at radius 1 is 0.967 bits per heavy atom. The van der Waals surface area contributed by atoms with Crippen LogP contribution in [0.5, 0.6) is 0 Å². The van der Waals surface area contributed by atoms with E-state index in [9.17, 15) is 24.1 Å². The number of carbonyl (C=O) groups excluding carboxylic acids is 2. The molecule has 0 bridgehead atoms. The van der Waals surface area contributed by atoms with Crippen LogP contribution in [0.15, 0.2) is 77.7 Å². The van der Waals surface area contributed by atoms with E-state index < -0.39 is 16.6 Å². The van der Waals surface area contributed by atoms with Gasteiger partial charge in [0, 0.05) is 28.3 Å².